The molecule has 3 aromatic carbocycles. The number of esters is 2. The van der Waals surface area contributed by atoms with Crippen molar-refractivity contribution in [3.63, 3.8) is 0 Å². The second-order valence-corrected chi connectivity index (χ2v) is 24.5. The van der Waals surface area contributed by atoms with Crippen LogP contribution in [0.25, 0.3) is 0 Å². The fourth-order valence-corrected chi connectivity index (χ4v) is 15.2. The number of fused-ring (bicyclic) bond motifs is 9. The molecule has 3 aliphatic heterocycles. The third kappa shape index (κ3) is 11.5. The molecule has 0 amide bonds. The normalized spacial score (nSPS) is 32.1. The number of carbonyl (C=O) groups excluding carboxylic acids is 3. The first-order valence-electron chi connectivity index (χ1n) is 29.2. The molecule has 410 valence electrons. The number of aliphatic hydroxyl groups is 4. The van der Waals surface area contributed by atoms with E-state index in [1.807, 2.05) is 48.5 Å². The van der Waals surface area contributed by atoms with Crippen LogP contribution >= 0.6 is 0 Å². The summed E-state index contributed by atoms with van der Waals surface area (Å²) in [7, 11) is 0. The molecule has 10 bridgehead atoms. The van der Waals surface area contributed by atoms with E-state index < -0.39 is 53.1 Å². The standard InChI is InChI=1S/C65H79NO11/c1-64(73,23-24-75-51-16-6-3-7-17-51)38-66-49-27-41(37-67)26-46(31-49)43-19-20-44-36-59(70)77-62-52(44)34-47(61(71)60(62)42-13-4-2-5-14-42)35-58-65(74)55-18-9-8-15-45(55)33-53-54(57(69)22-21-56(53)65)29-40-12-10-11-39(25-40)28-50(68)32-48(30-43)63(72)76-58/h8,10-12,15,25-27,31-32,34,42-45,50-51,53-56,58,66-68,71,73-74H,2-7,9,13-14,16-18,21-24,28-30,33,35-38H2,1H3/b48-32-/t43-,44-,45+,50-,53+,54+,55+,56-,58-,64-,65+/m1/s1. The molecule has 11 atom stereocenters. The fraction of sp³-hybridized carbons (Fsp3) is 0.585. The smallest absolute Gasteiger partial charge is 0.334 e. The van der Waals surface area contributed by atoms with Crippen LogP contribution in [0.3, 0.4) is 0 Å². The average Bonchev–Trinajstić information content (AvgIpc) is 3.44. The second-order valence-electron chi connectivity index (χ2n) is 24.5. The number of phenolic OH excluding ortho intramolecular Hbond substituents is 1. The van der Waals surface area contributed by atoms with Crippen LogP contribution in [0, 0.1) is 41.4 Å². The highest BCUT2D eigenvalue weighted by Crippen LogP contribution is 2.58. The Bertz CT molecular complexity index is 2830. The van der Waals surface area contributed by atoms with E-state index in [-0.39, 0.29) is 98.1 Å². The number of carbonyl (C=O) groups is 3. The summed E-state index contributed by atoms with van der Waals surface area (Å²) in [6.07, 6.45) is 17.7. The SMILES string of the molecule is C[C@@](O)(CCOC1CCCCC1)CNc1cc(CO)cc([C@@H]2C#C[C@@H]3CC(=O)Oc4c3cc(c(O)c4C3CCCCC3)C[C@H]3OC(=O)/C(=C\[C@H](O)Cc4cccc(c4)C[C@@H]4C(=O)CC[C@@H]5[C@H]4C[C@@H]4C=CCC[C@@H]4[C@]53O)C2)c1. The lowest BCUT2D eigenvalue weighted by Gasteiger charge is -2.58. The van der Waals surface area contributed by atoms with Crippen molar-refractivity contribution in [1.82, 2.24) is 0 Å². The molecule has 77 heavy (non-hydrogen) atoms. The van der Waals surface area contributed by atoms with Crippen LogP contribution in [-0.2, 0) is 49.7 Å². The van der Waals surface area contributed by atoms with Gasteiger partial charge in [0.2, 0.25) is 0 Å². The molecule has 8 aliphatic rings. The lowest BCUT2D eigenvalue weighted by Crippen LogP contribution is -2.65. The molecule has 0 unspecified atom stereocenters. The van der Waals surface area contributed by atoms with Gasteiger partial charge in [0.1, 0.15) is 29.0 Å². The quantitative estimate of drug-likeness (QED) is 0.0488. The zero-order chi connectivity index (χ0) is 53.4. The summed E-state index contributed by atoms with van der Waals surface area (Å²) in [6.45, 7) is 2.10. The van der Waals surface area contributed by atoms with Crippen LogP contribution in [-0.4, -0.2) is 85.9 Å². The van der Waals surface area contributed by atoms with Crippen molar-refractivity contribution < 1.29 is 54.1 Å². The Labute approximate surface area is 454 Å². The van der Waals surface area contributed by atoms with Gasteiger partial charge in [0.05, 0.1) is 36.8 Å². The number of benzene rings is 3. The molecule has 4 fully saturated rings. The van der Waals surface area contributed by atoms with Crippen LogP contribution in [0.2, 0.25) is 0 Å². The highest BCUT2D eigenvalue weighted by Gasteiger charge is 2.62. The van der Waals surface area contributed by atoms with Gasteiger partial charge < -0.3 is 45.1 Å². The Balaban J connectivity index is 1.06. The van der Waals surface area contributed by atoms with E-state index in [0.717, 1.165) is 75.3 Å². The summed E-state index contributed by atoms with van der Waals surface area (Å²) >= 11 is 0. The number of aliphatic hydroxyl groups excluding tert-OH is 2. The molecule has 12 nitrogen and oxygen atoms in total. The van der Waals surface area contributed by atoms with E-state index >= 15 is 4.79 Å². The molecule has 0 spiro atoms. The van der Waals surface area contributed by atoms with Gasteiger partial charge in [-0.2, -0.15) is 0 Å². The second kappa shape index (κ2) is 22.8. The minimum absolute atomic E-state index is 0.0217. The summed E-state index contributed by atoms with van der Waals surface area (Å²) in [5.74, 6) is 3.33. The Morgan fingerprint density at radius 2 is 1.62 bits per heavy atom. The van der Waals surface area contributed by atoms with Gasteiger partial charge in [0.25, 0.3) is 0 Å². The van der Waals surface area contributed by atoms with Crippen LogP contribution in [0.15, 0.2) is 72.3 Å². The largest absolute Gasteiger partial charge is 0.507 e. The molecule has 3 heterocycles. The molecule has 6 N–H and O–H groups in total. The number of hydrogen-bond acceptors (Lipinski definition) is 12. The summed E-state index contributed by atoms with van der Waals surface area (Å²) in [6, 6.07) is 15.4. The van der Waals surface area contributed by atoms with Gasteiger partial charge in [-0.3, -0.25) is 9.59 Å². The predicted octanol–water partition coefficient (Wildman–Crippen LogP) is 9.89. The van der Waals surface area contributed by atoms with Gasteiger partial charge in [-0.25, -0.2) is 4.79 Å². The van der Waals surface area contributed by atoms with E-state index in [4.69, 9.17) is 14.2 Å². The summed E-state index contributed by atoms with van der Waals surface area (Å²) in [5, 5.41) is 65.0. The molecule has 0 saturated heterocycles. The van der Waals surface area contributed by atoms with Gasteiger partial charge in [0, 0.05) is 73.1 Å². The highest BCUT2D eigenvalue weighted by molar-refractivity contribution is 5.89. The van der Waals surface area contributed by atoms with Crippen LogP contribution in [0.4, 0.5) is 5.69 Å². The zero-order valence-corrected chi connectivity index (χ0v) is 44.9. The molecule has 4 saturated carbocycles. The topological polar surface area (TPSA) is 192 Å². The van der Waals surface area contributed by atoms with Crippen molar-refractivity contribution in [2.24, 2.45) is 29.6 Å². The molecule has 0 aromatic heterocycles. The molecule has 12 heteroatoms. The summed E-state index contributed by atoms with van der Waals surface area (Å²) in [5.41, 5.74) is 2.76. The van der Waals surface area contributed by atoms with Gasteiger partial charge in [0.15, 0.2) is 0 Å². The van der Waals surface area contributed by atoms with Crippen molar-refractivity contribution in [3.05, 3.63) is 111 Å². The Kier molecular flexibility index (Phi) is 15.9. The Morgan fingerprint density at radius 1 is 0.857 bits per heavy atom. The van der Waals surface area contributed by atoms with Crippen LogP contribution in [0.1, 0.15) is 179 Å². The molecule has 11 rings (SSSR count). The van der Waals surface area contributed by atoms with Gasteiger partial charge in [-0.05, 0) is 153 Å². The Morgan fingerprint density at radius 3 is 2.42 bits per heavy atom. The number of ether oxygens (including phenoxy) is 3. The van der Waals surface area contributed by atoms with E-state index in [1.165, 1.54) is 6.42 Å². The number of phenols is 1. The van der Waals surface area contributed by atoms with Crippen molar-refractivity contribution in [2.75, 3.05) is 18.5 Å². The van der Waals surface area contributed by atoms with E-state index in [0.29, 0.717) is 78.0 Å². The average molecular weight is 1050 g/mol. The van der Waals surface area contributed by atoms with Crippen molar-refractivity contribution in [2.45, 2.75) is 196 Å². The van der Waals surface area contributed by atoms with E-state index in [2.05, 4.69) is 29.3 Å². The molecular formula is C65H79NO11. The first kappa shape index (κ1) is 53.7. The zero-order valence-electron chi connectivity index (χ0n) is 44.9. The number of nitrogens with one attached hydrogen (secondary N) is 1. The summed E-state index contributed by atoms with van der Waals surface area (Å²) < 4.78 is 19.4. The number of rotatable bonds is 10. The molecule has 5 aliphatic carbocycles. The number of anilines is 1. The number of Topliss-reactive ketones (excluding diaryl/α,β-unsaturated/α-hetero) is 1. The van der Waals surface area contributed by atoms with E-state index in [9.17, 15) is 35.1 Å². The first-order valence-corrected chi connectivity index (χ1v) is 29.2. The van der Waals surface area contributed by atoms with Crippen LogP contribution in [0.5, 0.6) is 11.5 Å². The van der Waals surface area contributed by atoms with Crippen molar-refractivity contribution in [3.8, 4) is 23.3 Å². The number of aromatic hydroxyl groups is 1. The minimum atomic E-state index is -1.65. The maximum atomic E-state index is 15.7. The minimum Gasteiger partial charge on any atom is -0.507 e. The van der Waals surface area contributed by atoms with Gasteiger partial charge in [-0.15, -0.1) is 0 Å². The maximum absolute atomic E-state index is 15.7. The van der Waals surface area contributed by atoms with Gasteiger partial charge >= 0.3 is 11.9 Å². The lowest BCUT2D eigenvalue weighted by molar-refractivity contribution is -0.221. The summed E-state index contributed by atoms with van der Waals surface area (Å²) in [4.78, 5) is 43.9. The maximum Gasteiger partial charge on any atom is 0.334 e. The monoisotopic (exact) mass is 1050 g/mol. The number of ketones is 1. The first-order chi connectivity index (χ1) is 37.2. The van der Waals surface area contributed by atoms with Crippen molar-refractivity contribution in [1.29, 1.82) is 0 Å². The third-order valence-corrected chi connectivity index (χ3v) is 19.2. The fourth-order valence-electron chi connectivity index (χ4n) is 15.2. The number of hydrogen-bond donors (Lipinski definition) is 6. The van der Waals surface area contributed by atoms with E-state index in [1.54, 1.807) is 13.0 Å². The molecule has 0 radical (unpaired) electrons. The third-order valence-electron chi connectivity index (χ3n) is 19.2. The highest BCUT2D eigenvalue weighted by atomic mass is 16.6. The van der Waals surface area contributed by atoms with Crippen molar-refractivity contribution >= 4 is 23.4 Å². The molecular weight excluding hydrogens is 971 g/mol. The molecule has 3 aromatic rings. The number of allylic oxidation sites excluding steroid dienone is 2. The van der Waals surface area contributed by atoms with Gasteiger partial charge in [-0.1, -0.05) is 92.8 Å². The predicted molar refractivity (Wildman–Crippen MR) is 292 cm³/mol. The van der Waals surface area contributed by atoms with Crippen LogP contribution < -0.4 is 10.1 Å². The Hall–Kier alpha value is -5.29. The lowest BCUT2D eigenvalue weighted by atomic mass is 9.49.